The molecular formula is C28H39N3O7. The van der Waals surface area contributed by atoms with Crippen molar-refractivity contribution in [2.75, 3.05) is 46.2 Å². The Hall–Kier alpha value is -3.05. The van der Waals surface area contributed by atoms with E-state index in [1.165, 1.54) is 4.80 Å². The van der Waals surface area contributed by atoms with Crippen LogP contribution in [-0.4, -0.2) is 82.5 Å². The molecule has 0 fully saturated rings. The number of aromatic hydroxyl groups is 1. The number of hydrogen-bond acceptors (Lipinski definition) is 8. The SMILES string of the molecule is CC(C)(C)c1cc(C(C)(CCOCCOCCOCCCO)C(=O)O)cc(-n2nc3ccccc3n2)c1O. The normalized spacial score (nSPS) is 13.6. The van der Waals surface area contributed by atoms with Crippen LogP contribution in [0.1, 0.15) is 51.7 Å². The van der Waals surface area contributed by atoms with Crippen LogP contribution in [0.2, 0.25) is 0 Å². The van der Waals surface area contributed by atoms with Crippen LogP contribution >= 0.6 is 0 Å². The van der Waals surface area contributed by atoms with E-state index in [2.05, 4.69) is 10.2 Å². The summed E-state index contributed by atoms with van der Waals surface area (Å²) < 4.78 is 16.4. The molecule has 0 aliphatic carbocycles. The fourth-order valence-corrected chi connectivity index (χ4v) is 3.99. The average Bonchev–Trinajstić information content (AvgIpc) is 3.30. The summed E-state index contributed by atoms with van der Waals surface area (Å²) in [6.07, 6.45) is 0.815. The molecule has 10 heteroatoms. The zero-order chi connectivity index (χ0) is 27.8. The first kappa shape index (κ1) is 29.5. The Labute approximate surface area is 223 Å². The molecule has 1 unspecified atom stereocenters. The molecule has 0 aliphatic rings. The predicted octanol–water partition coefficient (Wildman–Crippen LogP) is 3.59. The lowest BCUT2D eigenvalue weighted by molar-refractivity contribution is -0.144. The smallest absolute Gasteiger partial charge is 0.313 e. The van der Waals surface area contributed by atoms with E-state index in [1.54, 1.807) is 19.1 Å². The molecule has 3 rings (SSSR count). The van der Waals surface area contributed by atoms with E-state index < -0.39 is 16.8 Å². The summed E-state index contributed by atoms with van der Waals surface area (Å²) in [5, 5.41) is 39.2. The molecule has 2 aromatic carbocycles. The Balaban J connectivity index is 1.76. The number of hydrogen-bond donors (Lipinski definition) is 3. The van der Waals surface area contributed by atoms with Gasteiger partial charge in [0.25, 0.3) is 0 Å². The van der Waals surface area contributed by atoms with Gasteiger partial charge < -0.3 is 29.5 Å². The van der Waals surface area contributed by atoms with Crippen LogP contribution in [0.3, 0.4) is 0 Å². The first-order valence-electron chi connectivity index (χ1n) is 12.9. The molecule has 0 saturated carbocycles. The van der Waals surface area contributed by atoms with E-state index in [9.17, 15) is 15.0 Å². The highest BCUT2D eigenvalue weighted by molar-refractivity contribution is 5.82. The zero-order valence-corrected chi connectivity index (χ0v) is 22.6. The number of nitrogens with zero attached hydrogens (tertiary/aromatic N) is 3. The summed E-state index contributed by atoms with van der Waals surface area (Å²) in [6, 6.07) is 10.8. The number of aliphatic hydroxyl groups excluding tert-OH is 1. The summed E-state index contributed by atoms with van der Waals surface area (Å²) in [6.45, 7) is 9.90. The number of phenols is 1. The van der Waals surface area contributed by atoms with E-state index in [-0.39, 0.29) is 25.4 Å². The zero-order valence-electron chi connectivity index (χ0n) is 22.6. The molecule has 0 spiro atoms. The van der Waals surface area contributed by atoms with E-state index in [4.69, 9.17) is 19.3 Å². The number of phenolic OH excluding ortho intramolecular Hbond substituents is 1. The van der Waals surface area contributed by atoms with Gasteiger partial charge in [-0.2, -0.15) is 0 Å². The van der Waals surface area contributed by atoms with Gasteiger partial charge in [0.15, 0.2) is 0 Å². The third kappa shape index (κ3) is 7.28. The van der Waals surface area contributed by atoms with Crippen molar-refractivity contribution in [3.8, 4) is 11.4 Å². The number of carbonyl (C=O) groups is 1. The highest BCUT2D eigenvalue weighted by Gasteiger charge is 2.37. The van der Waals surface area contributed by atoms with Crippen LogP contribution in [-0.2, 0) is 29.8 Å². The van der Waals surface area contributed by atoms with Gasteiger partial charge in [0.2, 0.25) is 0 Å². The minimum atomic E-state index is -1.28. The lowest BCUT2D eigenvalue weighted by atomic mass is 9.76. The molecule has 10 nitrogen and oxygen atoms in total. The molecule has 38 heavy (non-hydrogen) atoms. The topological polar surface area (TPSA) is 136 Å². The van der Waals surface area contributed by atoms with E-state index in [0.717, 1.165) is 0 Å². The van der Waals surface area contributed by atoms with Gasteiger partial charge >= 0.3 is 5.97 Å². The molecule has 1 heterocycles. The third-order valence-electron chi connectivity index (χ3n) is 6.45. The molecule has 0 aliphatic heterocycles. The Bertz CT molecular complexity index is 1170. The van der Waals surface area contributed by atoms with Crippen molar-refractivity contribution in [2.24, 2.45) is 0 Å². The first-order chi connectivity index (χ1) is 18.1. The van der Waals surface area contributed by atoms with Crippen molar-refractivity contribution in [2.45, 2.75) is 51.4 Å². The molecule has 208 valence electrons. The Kier molecular flexibility index (Phi) is 10.2. The number of fused-ring (bicyclic) bond motifs is 1. The second-order valence-corrected chi connectivity index (χ2v) is 10.4. The average molecular weight is 530 g/mol. The highest BCUT2D eigenvalue weighted by Crippen LogP contribution is 2.40. The summed E-state index contributed by atoms with van der Waals surface area (Å²) in [4.78, 5) is 13.9. The van der Waals surface area contributed by atoms with Crippen LogP contribution in [0.4, 0.5) is 0 Å². The van der Waals surface area contributed by atoms with Crippen molar-refractivity contribution >= 4 is 17.0 Å². The number of aromatic nitrogens is 3. The number of aliphatic hydroxyl groups is 1. The molecule has 3 aromatic rings. The molecule has 1 atom stereocenters. The number of rotatable bonds is 15. The summed E-state index contributed by atoms with van der Waals surface area (Å²) in [5.74, 6) is -0.976. The quantitative estimate of drug-likeness (QED) is 0.252. The van der Waals surface area contributed by atoms with Crippen molar-refractivity contribution in [1.29, 1.82) is 0 Å². The number of carboxylic acid groups (broad SMARTS) is 1. The maximum Gasteiger partial charge on any atom is 0.313 e. The standard InChI is InChI=1S/C28H39N3O7/c1-27(2,3)21-18-20(19-24(25(21)33)31-29-22-8-5-6-9-23(22)30-31)28(4,26(34)35)10-13-37-15-17-38-16-14-36-12-7-11-32/h5-6,8-9,18-19,32-33H,7,10-17H2,1-4H3,(H,34,35). The first-order valence-corrected chi connectivity index (χ1v) is 12.9. The number of aliphatic carboxylic acids is 1. The van der Waals surface area contributed by atoms with E-state index in [0.29, 0.717) is 67.3 Å². The molecular weight excluding hydrogens is 490 g/mol. The molecule has 0 radical (unpaired) electrons. The van der Waals surface area contributed by atoms with Gasteiger partial charge in [-0.05, 0) is 48.9 Å². The largest absolute Gasteiger partial charge is 0.505 e. The Morgan fingerprint density at radius 1 is 0.895 bits per heavy atom. The summed E-state index contributed by atoms with van der Waals surface area (Å²) in [5.41, 5.74) is 1.06. The van der Waals surface area contributed by atoms with Crippen LogP contribution in [0.25, 0.3) is 16.7 Å². The Morgan fingerprint density at radius 2 is 1.45 bits per heavy atom. The summed E-state index contributed by atoms with van der Waals surface area (Å²) >= 11 is 0. The lowest BCUT2D eigenvalue weighted by Gasteiger charge is -2.29. The van der Waals surface area contributed by atoms with Crippen LogP contribution < -0.4 is 0 Å². The van der Waals surface area contributed by atoms with Crippen molar-refractivity contribution in [3.05, 3.63) is 47.5 Å². The van der Waals surface area contributed by atoms with Gasteiger partial charge in [0.05, 0.1) is 31.8 Å². The second-order valence-electron chi connectivity index (χ2n) is 10.4. The number of carboxylic acids is 1. The number of benzene rings is 2. The maximum absolute atomic E-state index is 12.6. The van der Waals surface area contributed by atoms with Gasteiger partial charge in [-0.25, -0.2) is 0 Å². The van der Waals surface area contributed by atoms with Crippen molar-refractivity contribution in [3.63, 3.8) is 0 Å². The van der Waals surface area contributed by atoms with Gasteiger partial charge in [-0.15, -0.1) is 15.0 Å². The minimum Gasteiger partial charge on any atom is -0.505 e. The summed E-state index contributed by atoms with van der Waals surface area (Å²) in [7, 11) is 0. The van der Waals surface area contributed by atoms with Gasteiger partial charge in [0.1, 0.15) is 22.5 Å². The van der Waals surface area contributed by atoms with Crippen molar-refractivity contribution < 1.29 is 34.3 Å². The minimum absolute atomic E-state index is 0.0167. The van der Waals surface area contributed by atoms with Crippen molar-refractivity contribution in [1.82, 2.24) is 15.0 Å². The molecule has 0 bridgehead atoms. The second kappa shape index (κ2) is 13.1. The van der Waals surface area contributed by atoms with E-state index >= 15 is 0 Å². The van der Waals surface area contributed by atoms with E-state index in [1.807, 2.05) is 45.0 Å². The maximum atomic E-state index is 12.6. The lowest BCUT2D eigenvalue weighted by Crippen LogP contribution is -2.34. The highest BCUT2D eigenvalue weighted by atomic mass is 16.5. The fourth-order valence-electron chi connectivity index (χ4n) is 3.99. The molecule has 0 amide bonds. The van der Waals surface area contributed by atoms with Crippen LogP contribution in [0.15, 0.2) is 36.4 Å². The van der Waals surface area contributed by atoms with Crippen LogP contribution in [0.5, 0.6) is 5.75 Å². The monoisotopic (exact) mass is 529 g/mol. The molecule has 0 saturated heterocycles. The fraction of sp³-hybridized carbons (Fsp3) is 0.536. The predicted molar refractivity (Wildman–Crippen MR) is 143 cm³/mol. The number of ether oxygens (including phenoxy) is 3. The Morgan fingerprint density at radius 3 is 1.97 bits per heavy atom. The molecule has 1 aromatic heterocycles. The van der Waals surface area contributed by atoms with Gasteiger partial charge in [-0.1, -0.05) is 39.0 Å². The van der Waals surface area contributed by atoms with Crippen LogP contribution in [0, 0.1) is 0 Å². The third-order valence-corrected chi connectivity index (χ3v) is 6.45. The molecule has 3 N–H and O–H groups in total. The van der Waals surface area contributed by atoms with Gasteiger partial charge in [0, 0.05) is 25.4 Å². The van der Waals surface area contributed by atoms with Gasteiger partial charge in [-0.3, -0.25) is 4.79 Å².